The van der Waals surface area contributed by atoms with Crippen molar-refractivity contribution in [3.05, 3.63) is 24.4 Å². The summed E-state index contributed by atoms with van der Waals surface area (Å²) in [5, 5.41) is 11.1. The molecule has 2 aliphatic heterocycles. The Labute approximate surface area is 160 Å². The van der Waals surface area contributed by atoms with Crippen molar-refractivity contribution in [3.63, 3.8) is 0 Å². The first kappa shape index (κ1) is 18.3. The second-order valence-electron chi connectivity index (χ2n) is 7.84. The number of rotatable bonds is 4. The number of carbonyl (C=O) groups is 1. The van der Waals surface area contributed by atoms with Crippen LogP contribution in [0.2, 0.25) is 0 Å². The molecule has 27 heavy (non-hydrogen) atoms. The number of piperazine rings is 1. The highest BCUT2D eigenvalue weighted by Crippen LogP contribution is 2.24. The maximum atomic E-state index is 13.0. The number of H-pyrrole nitrogens is 1. The summed E-state index contributed by atoms with van der Waals surface area (Å²) >= 11 is 0. The summed E-state index contributed by atoms with van der Waals surface area (Å²) in [5.41, 5.74) is 1.77. The van der Waals surface area contributed by atoms with Crippen LogP contribution in [0.4, 0.5) is 10.5 Å². The van der Waals surface area contributed by atoms with E-state index in [0.29, 0.717) is 6.04 Å². The van der Waals surface area contributed by atoms with Crippen LogP contribution in [0.1, 0.15) is 25.7 Å². The van der Waals surface area contributed by atoms with Crippen LogP contribution in [-0.2, 0) is 0 Å². The Kier molecular flexibility index (Phi) is 5.59. The predicted molar refractivity (Wildman–Crippen MR) is 108 cm³/mol. The van der Waals surface area contributed by atoms with E-state index in [1.165, 1.54) is 6.42 Å². The second kappa shape index (κ2) is 8.27. The van der Waals surface area contributed by atoms with Crippen LogP contribution in [0.5, 0.6) is 0 Å². The number of likely N-dealkylation sites (tertiary alicyclic amines) is 1. The van der Waals surface area contributed by atoms with Crippen molar-refractivity contribution >= 4 is 22.6 Å². The van der Waals surface area contributed by atoms with Crippen LogP contribution in [0, 0.1) is 0 Å². The fraction of sp³-hybridized carbons (Fsp3) is 0.600. The summed E-state index contributed by atoms with van der Waals surface area (Å²) in [5.74, 6) is 0. The van der Waals surface area contributed by atoms with Gasteiger partial charge in [0, 0.05) is 50.7 Å². The van der Waals surface area contributed by atoms with Gasteiger partial charge in [0.15, 0.2) is 0 Å². The number of anilines is 1. The zero-order chi connectivity index (χ0) is 18.6. The van der Waals surface area contributed by atoms with Crippen LogP contribution < -0.4 is 5.32 Å². The van der Waals surface area contributed by atoms with Gasteiger partial charge in [-0.2, -0.15) is 5.10 Å². The van der Waals surface area contributed by atoms with Crippen LogP contribution >= 0.6 is 0 Å². The number of aromatic amines is 1. The molecule has 2 aliphatic rings. The highest BCUT2D eigenvalue weighted by molar-refractivity contribution is 6.00. The number of nitrogens with zero attached hydrogens (tertiary/aromatic N) is 4. The molecule has 2 aromatic rings. The van der Waals surface area contributed by atoms with E-state index in [9.17, 15) is 4.79 Å². The molecule has 7 nitrogen and oxygen atoms in total. The van der Waals surface area contributed by atoms with E-state index in [1.807, 2.05) is 18.2 Å². The average Bonchev–Trinajstić information content (AvgIpc) is 3.18. The summed E-state index contributed by atoms with van der Waals surface area (Å²) in [7, 11) is 2.19. The standard InChI is InChI=1S/C20H30N6O/c1-24-11-13-25(14-12-24)10-8-16-5-2-3-9-26(16)20(27)22-18-6-4-7-19-17(18)15-21-23-19/h4,6-7,15-16H,2-3,5,8-14H2,1H3,(H,21,23)(H,22,27)/t16-/m1/s1. The van der Waals surface area contributed by atoms with Crippen LogP contribution in [-0.4, -0.2) is 83.3 Å². The van der Waals surface area contributed by atoms with Crippen molar-refractivity contribution < 1.29 is 4.79 Å². The summed E-state index contributed by atoms with van der Waals surface area (Å²) in [6.45, 7) is 6.49. The van der Waals surface area contributed by atoms with Crippen molar-refractivity contribution in [1.29, 1.82) is 0 Å². The van der Waals surface area contributed by atoms with Crippen molar-refractivity contribution in [3.8, 4) is 0 Å². The molecule has 1 aromatic carbocycles. The lowest BCUT2D eigenvalue weighted by Crippen LogP contribution is -2.49. The number of amides is 2. The van der Waals surface area contributed by atoms with E-state index in [4.69, 9.17) is 0 Å². The maximum absolute atomic E-state index is 13.0. The monoisotopic (exact) mass is 370 g/mol. The minimum atomic E-state index is 0.0202. The molecule has 1 aromatic heterocycles. The Bertz CT molecular complexity index is 767. The highest BCUT2D eigenvalue weighted by Gasteiger charge is 2.27. The van der Waals surface area contributed by atoms with Crippen molar-refractivity contribution in [2.75, 3.05) is 51.6 Å². The molecule has 7 heteroatoms. The molecule has 4 rings (SSSR count). The number of aromatic nitrogens is 2. The van der Waals surface area contributed by atoms with Gasteiger partial charge in [-0.15, -0.1) is 0 Å². The average molecular weight is 371 g/mol. The van der Waals surface area contributed by atoms with E-state index < -0.39 is 0 Å². The molecule has 146 valence electrons. The van der Waals surface area contributed by atoms with Gasteiger partial charge in [-0.3, -0.25) is 5.10 Å². The lowest BCUT2D eigenvalue weighted by atomic mass is 9.99. The molecule has 2 saturated heterocycles. The zero-order valence-electron chi connectivity index (χ0n) is 16.2. The van der Waals surface area contributed by atoms with E-state index in [1.54, 1.807) is 6.20 Å². The second-order valence-corrected chi connectivity index (χ2v) is 7.84. The van der Waals surface area contributed by atoms with Gasteiger partial charge in [-0.25, -0.2) is 4.79 Å². The van der Waals surface area contributed by atoms with Gasteiger partial charge in [-0.1, -0.05) is 6.07 Å². The number of nitrogens with one attached hydrogen (secondary N) is 2. The van der Waals surface area contributed by atoms with Gasteiger partial charge in [0.05, 0.1) is 17.4 Å². The Balaban J connectivity index is 1.38. The Hall–Kier alpha value is -2.12. The maximum Gasteiger partial charge on any atom is 0.322 e. The third-order valence-corrected chi connectivity index (χ3v) is 5.99. The third kappa shape index (κ3) is 4.25. The SMILES string of the molecule is CN1CCN(CC[C@H]2CCCCN2C(=O)Nc2cccc3[nH]ncc23)CC1. The Morgan fingerprint density at radius 1 is 1.22 bits per heavy atom. The molecule has 0 radical (unpaired) electrons. The van der Waals surface area contributed by atoms with Gasteiger partial charge in [-0.05, 0) is 44.9 Å². The van der Waals surface area contributed by atoms with Gasteiger partial charge >= 0.3 is 6.03 Å². The largest absolute Gasteiger partial charge is 0.322 e. The van der Waals surface area contributed by atoms with E-state index >= 15 is 0 Å². The predicted octanol–water partition coefficient (Wildman–Crippen LogP) is 2.59. The number of hydrogen-bond donors (Lipinski definition) is 2. The normalized spacial score (nSPS) is 22.3. The smallest absolute Gasteiger partial charge is 0.322 e. The number of urea groups is 1. The molecule has 0 aliphatic carbocycles. The fourth-order valence-electron chi connectivity index (χ4n) is 4.24. The quantitative estimate of drug-likeness (QED) is 0.868. The molecule has 2 N–H and O–H groups in total. The zero-order valence-corrected chi connectivity index (χ0v) is 16.2. The van der Waals surface area contributed by atoms with Crippen molar-refractivity contribution in [2.24, 2.45) is 0 Å². The first-order valence-corrected chi connectivity index (χ1v) is 10.1. The summed E-state index contributed by atoms with van der Waals surface area (Å²) in [4.78, 5) is 20.0. The highest BCUT2D eigenvalue weighted by atomic mass is 16.2. The molecule has 2 amide bonds. The van der Waals surface area contributed by atoms with Crippen molar-refractivity contribution in [1.82, 2.24) is 24.9 Å². The third-order valence-electron chi connectivity index (χ3n) is 5.99. The Morgan fingerprint density at radius 3 is 2.93 bits per heavy atom. The van der Waals surface area contributed by atoms with Crippen LogP contribution in [0.25, 0.3) is 10.9 Å². The molecular weight excluding hydrogens is 340 g/mol. The molecule has 1 atom stereocenters. The summed E-state index contributed by atoms with van der Waals surface area (Å²) in [6.07, 6.45) is 6.25. The number of benzene rings is 1. The van der Waals surface area contributed by atoms with Crippen LogP contribution in [0.3, 0.4) is 0 Å². The molecule has 2 fully saturated rings. The van der Waals surface area contributed by atoms with Gasteiger partial charge in [0.2, 0.25) is 0 Å². The first-order valence-electron chi connectivity index (χ1n) is 10.1. The molecular formula is C20H30N6O. The van der Waals surface area contributed by atoms with Gasteiger partial charge in [0.1, 0.15) is 0 Å². The number of carbonyl (C=O) groups excluding carboxylic acids is 1. The van der Waals surface area contributed by atoms with E-state index in [-0.39, 0.29) is 6.03 Å². The van der Waals surface area contributed by atoms with E-state index in [0.717, 1.165) is 75.1 Å². The molecule has 0 spiro atoms. The van der Waals surface area contributed by atoms with Crippen molar-refractivity contribution in [2.45, 2.75) is 31.7 Å². The Morgan fingerprint density at radius 2 is 2.07 bits per heavy atom. The summed E-state index contributed by atoms with van der Waals surface area (Å²) in [6, 6.07) is 6.21. The number of hydrogen-bond acceptors (Lipinski definition) is 4. The molecule has 0 bridgehead atoms. The first-order chi connectivity index (χ1) is 13.2. The topological polar surface area (TPSA) is 67.5 Å². The van der Waals surface area contributed by atoms with Crippen LogP contribution in [0.15, 0.2) is 24.4 Å². The van der Waals surface area contributed by atoms with E-state index in [2.05, 4.69) is 37.3 Å². The number of piperidine rings is 1. The molecule has 0 saturated carbocycles. The number of fused-ring (bicyclic) bond motifs is 1. The lowest BCUT2D eigenvalue weighted by molar-refractivity contribution is 0.122. The van der Waals surface area contributed by atoms with Gasteiger partial charge in [0.25, 0.3) is 0 Å². The molecule has 0 unspecified atom stereocenters. The number of likely N-dealkylation sites (N-methyl/N-ethyl adjacent to an activating group) is 1. The fourth-order valence-corrected chi connectivity index (χ4v) is 4.24. The summed E-state index contributed by atoms with van der Waals surface area (Å²) < 4.78 is 0. The minimum Gasteiger partial charge on any atom is -0.322 e. The lowest BCUT2D eigenvalue weighted by Gasteiger charge is -2.38. The minimum absolute atomic E-state index is 0.0202. The van der Waals surface area contributed by atoms with Gasteiger partial charge < -0.3 is 20.0 Å². The molecule has 3 heterocycles.